The predicted molar refractivity (Wildman–Crippen MR) is 133 cm³/mol. The number of nitrogens with zero attached hydrogens (tertiary/aromatic N) is 7. The molecular weight excluding hydrogens is 500 g/mol. The Labute approximate surface area is 213 Å². The molecule has 4 aromatic rings. The molecule has 3 heterocycles. The lowest BCUT2D eigenvalue weighted by Crippen LogP contribution is -2.52. The number of aryl methyl sites for hydroxylation is 2. The Hall–Kier alpha value is -3.22. The average molecular weight is 528 g/mol. The number of sulfonamides is 1. The van der Waals surface area contributed by atoms with Crippen molar-refractivity contribution in [1.82, 2.24) is 34.0 Å². The van der Waals surface area contributed by atoms with Crippen LogP contribution in [0.15, 0.2) is 53.8 Å². The molecule has 12 heteroatoms. The Morgan fingerprint density at radius 1 is 1.08 bits per heavy atom. The molecule has 0 radical (unpaired) electrons. The first-order valence-corrected chi connectivity index (χ1v) is 13.6. The van der Waals surface area contributed by atoms with Crippen molar-refractivity contribution in [3.63, 3.8) is 0 Å². The standard InChI is InChI=1S/C25H27F2N7O2S/c1-17-11-22-18(13-29-34(22)20-5-3-19(26)4-6-20)12-21(17)23-15-33(10-9-32(23)16-25(27)7-8-25)37(35,36)24-14-28-31(2)30-24/h3-6,11-14,23H,7-10,15-16H2,1-2H3/t23-/m1/s1. The van der Waals surface area contributed by atoms with E-state index in [1.807, 2.05) is 19.1 Å². The third kappa shape index (κ3) is 4.42. The molecule has 2 aliphatic rings. The molecule has 2 aromatic carbocycles. The average Bonchev–Trinajstić information content (AvgIpc) is 3.23. The van der Waals surface area contributed by atoms with Crippen molar-refractivity contribution in [3.8, 4) is 5.69 Å². The van der Waals surface area contributed by atoms with Gasteiger partial charge in [0.1, 0.15) is 11.5 Å². The van der Waals surface area contributed by atoms with E-state index in [1.165, 1.54) is 27.4 Å². The second-order valence-corrected chi connectivity index (χ2v) is 11.9. The monoisotopic (exact) mass is 527 g/mol. The van der Waals surface area contributed by atoms with Crippen molar-refractivity contribution in [2.24, 2.45) is 7.05 Å². The molecule has 0 spiro atoms. The summed E-state index contributed by atoms with van der Waals surface area (Å²) in [6.45, 7) is 3.06. The number of hydrogen-bond donors (Lipinski definition) is 0. The summed E-state index contributed by atoms with van der Waals surface area (Å²) in [5, 5.41) is 13.2. The van der Waals surface area contributed by atoms with Gasteiger partial charge in [0.2, 0.25) is 5.03 Å². The van der Waals surface area contributed by atoms with Gasteiger partial charge < -0.3 is 0 Å². The van der Waals surface area contributed by atoms with Crippen LogP contribution in [-0.4, -0.2) is 74.2 Å². The second-order valence-electron chi connectivity index (χ2n) is 9.97. The quantitative estimate of drug-likeness (QED) is 0.383. The van der Waals surface area contributed by atoms with Crippen LogP contribution in [0.3, 0.4) is 0 Å². The van der Waals surface area contributed by atoms with E-state index < -0.39 is 15.7 Å². The van der Waals surface area contributed by atoms with Gasteiger partial charge in [0, 0.05) is 44.7 Å². The van der Waals surface area contributed by atoms with Gasteiger partial charge in [-0.25, -0.2) is 21.9 Å². The van der Waals surface area contributed by atoms with Gasteiger partial charge in [-0.15, -0.1) is 5.10 Å². The van der Waals surface area contributed by atoms with Gasteiger partial charge in [-0.2, -0.15) is 19.3 Å². The van der Waals surface area contributed by atoms with Crippen LogP contribution in [0.25, 0.3) is 16.6 Å². The zero-order valence-electron chi connectivity index (χ0n) is 20.5. The molecule has 2 aromatic heterocycles. The number of fused-ring (bicyclic) bond motifs is 1. The molecule has 1 saturated heterocycles. The van der Waals surface area contributed by atoms with Crippen LogP contribution < -0.4 is 0 Å². The van der Waals surface area contributed by atoms with Gasteiger partial charge in [0.25, 0.3) is 10.0 Å². The van der Waals surface area contributed by atoms with Crippen LogP contribution in [-0.2, 0) is 17.1 Å². The van der Waals surface area contributed by atoms with E-state index in [0.717, 1.165) is 27.7 Å². The molecule has 1 aliphatic carbocycles. The lowest BCUT2D eigenvalue weighted by atomic mass is 9.96. The fourth-order valence-electron chi connectivity index (χ4n) is 5.08. The van der Waals surface area contributed by atoms with Crippen molar-refractivity contribution in [3.05, 3.63) is 65.7 Å². The van der Waals surface area contributed by atoms with E-state index in [1.54, 1.807) is 30.1 Å². The van der Waals surface area contributed by atoms with Crippen LogP contribution in [0.1, 0.15) is 30.0 Å². The lowest BCUT2D eigenvalue weighted by Gasteiger charge is -2.42. The fourth-order valence-corrected chi connectivity index (χ4v) is 6.40. The van der Waals surface area contributed by atoms with Gasteiger partial charge >= 0.3 is 0 Å². The van der Waals surface area contributed by atoms with Crippen LogP contribution >= 0.6 is 0 Å². The molecule has 0 bridgehead atoms. The van der Waals surface area contributed by atoms with E-state index in [0.29, 0.717) is 19.4 Å². The maximum Gasteiger partial charge on any atom is 0.264 e. The molecule has 0 unspecified atom stereocenters. The lowest BCUT2D eigenvalue weighted by molar-refractivity contribution is 0.0801. The molecule has 0 amide bonds. The molecule has 9 nitrogen and oxygen atoms in total. The highest BCUT2D eigenvalue weighted by atomic mass is 32.2. The van der Waals surface area contributed by atoms with Crippen molar-refractivity contribution < 1.29 is 17.2 Å². The molecule has 1 atom stereocenters. The summed E-state index contributed by atoms with van der Waals surface area (Å²) < 4.78 is 58.2. The number of halogens is 2. The fraction of sp³-hybridized carbons (Fsp3) is 0.400. The topological polar surface area (TPSA) is 89.2 Å². The Bertz CT molecular complexity index is 1580. The zero-order valence-corrected chi connectivity index (χ0v) is 21.4. The van der Waals surface area contributed by atoms with Crippen LogP contribution in [0, 0.1) is 12.7 Å². The summed E-state index contributed by atoms with van der Waals surface area (Å²) in [6, 6.07) is 9.77. The summed E-state index contributed by atoms with van der Waals surface area (Å²) >= 11 is 0. The summed E-state index contributed by atoms with van der Waals surface area (Å²) in [5.41, 5.74) is 2.24. The number of rotatable bonds is 6. The molecule has 1 aliphatic heterocycles. The van der Waals surface area contributed by atoms with Crippen molar-refractivity contribution in [2.75, 3.05) is 26.2 Å². The van der Waals surface area contributed by atoms with Gasteiger partial charge in [-0.05, 0) is 67.3 Å². The Kier molecular flexibility index (Phi) is 5.66. The highest BCUT2D eigenvalue weighted by Gasteiger charge is 2.47. The summed E-state index contributed by atoms with van der Waals surface area (Å²) in [4.78, 5) is 3.28. The summed E-state index contributed by atoms with van der Waals surface area (Å²) in [7, 11) is -2.28. The van der Waals surface area contributed by atoms with E-state index in [9.17, 15) is 17.2 Å². The third-order valence-electron chi connectivity index (χ3n) is 7.30. The van der Waals surface area contributed by atoms with E-state index in [4.69, 9.17) is 0 Å². The molecule has 37 heavy (non-hydrogen) atoms. The maximum absolute atomic E-state index is 14.9. The van der Waals surface area contributed by atoms with Crippen molar-refractivity contribution in [1.29, 1.82) is 0 Å². The first-order chi connectivity index (χ1) is 17.6. The summed E-state index contributed by atoms with van der Waals surface area (Å²) in [6.07, 6.45) is 4.04. The predicted octanol–water partition coefficient (Wildman–Crippen LogP) is 3.15. The molecule has 2 fully saturated rings. The minimum Gasteiger partial charge on any atom is -0.291 e. The van der Waals surface area contributed by atoms with E-state index >= 15 is 0 Å². The van der Waals surface area contributed by atoms with Gasteiger partial charge in [-0.3, -0.25) is 4.90 Å². The molecule has 194 valence electrons. The van der Waals surface area contributed by atoms with Crippen molar-refractivity contribution >= 4 is 20.9 Å². The Morgan fingerprint density at radius 3 is 2.51 bits per heavy atom. The molecule has 6 rings (SSSR count). The van der Waals surface area contributed by atoms with Crippen LogP contribution in [0.4, 0.5) is 8.78 Å². The minimum atomic E-state index is -3.85. The summed E-state index contributed by atoms with van der Waals surface area (Å²) in [5.74, 6) is -0.321. The largest absolute Gasteiger partial charge is 0.291 e. The Morgan fingerprint density at radius 2 is 1.84 bits per heavy atom. The molecule has 0 N–H and O–H groups in total. The zero-order chi connectivity index (χ0) is 25.9. The number of hydrogen-bond acceptors (Lipinski definition) is 6. The first-order valence-electron chi connectivity index (χ1n) is 12.2. The molecular formula is C25H27F2N7O2S. The highest BCUT2D eigenvalue weighted by Crippen LogP contribution is 2.43. The van der Waals surface area contributed by atoms with E-state index in [2.05, 4.69) is 20.2 Å². The van der Waals surface area contributed by atoms with Crippen LogP contribution in [0.2, 0.25) is 0 Å². The smallest absolute Gasteiger partial charge is 0.264 e. The number of alkyl halides is 1. The van der Waals surface area contributed by atoms with Gasteiger partial charge in [-0.1, -0.05) is 0 Å². The highest BCUT2D eigenvalue weighted by molar-refractivity contribution is 7.89. The Balaban J connectivity index is 1.38. The van der Waals surface area contributed by atoms with Crippen molar-refractivity contribution in [2.45, 2.75) is 36.5 Å². The van der Waals surface area contributed by atoms with Gasteiger partial charge in [0.05, 0.1) is 23.6 Å². The number of aromatic nitrogens is 5. The number of benzene rings is 2. The SMILES string of the molecule is Cc1cc2c(cnn2-c2ccc(F)cc2)cc1[C@H]1CN(S(=O)(=O)c2cnn(C)n2)CCN1CC1(F)CC1. The van der Waals surface area contributed by atoms with E-state index in [-0.39, 0.29) is 36.5 Å². The third-order valence-corrected chi connectivity index (χ3v) is 9.03. The van der Waals surface area contributed by atoms with Gasteiger partial charge in [0.15, 0.2) is 0 Å². The number of piperazine rings is 1. The molecule has 1 saturated carbocycles. The van der Waals surface area contributed by atoms with Crippen LogP contribution in [0.5, 0.6) is 0 Å². The first kappa shape index (κ1) is 24.1. The maximum atomic E-state index is 14.9. The normalized spacial score (nSPS) is 20.5. The minimum absolute atomic E-state index is 0.0981. The second kappa shape index (κ2) is 8.67.